The maximum Gasteiger partial charge on any atom is 0.264 e. The fourth-order valence-corrected chi connectivity index (χ4v) is 6.08. The van der Waals surface area contributed by atoms with E-state index in [4.69, 9.17) is 0 Å². The Balaban J connectivity index is 1.80. The summed E-state index contributed by atoms with van der Waals surface area (Å²) in [5.74, 6) is 1.63. The number of amides is 1. The molecular formula is C21H20N2O2S2. The summed E-state index contributed by atoms with van der Waals surface area (Å²) in [7, 11) is 0. The number of hydrogen-bond donors (Lipinski definition) is 0. The Bertz CT molecular complexity index is 932. The molecule has 4 nitrogen and oxygen atoms in total. The number of hydrogen-bond acceptors (Lipinski definition) is 5. The highest BCUT2D eigenvalue weighted by atomic mass is 32.2. The number of aromatic nitrogens is 1. The molecule has 1 aromatic carbocycles. The molecule has 138 valence electrons. The lowest BCUT2D eigenvalue weighted by Crippen LogP contribution is -2.38. The van der Waals surface area contributed by atoms with Crippen LogP contribution in [-0.2, 0) is 16.0 Å². The summed E-state index contributed by atoms with van der Waals surface area (Å²) in [6, 6.07) is 11.1. The Labute approximate surface area is 167 Å². The zero-order valence-corrected chi connectivity index (χ0v) is 16.9. The second-order valence-corrected chi connectivity index (χ2v) is 9.20. The summed E-state index contributed by atoms with van der Waals surface area (Å²) >= 11 is 3.24. The number of nitrogens with zero attached hydrogens (tertiary/aromatic N) is 2. The third-order valence-corrected chi connectivity index (χ3v) is 7.50. The largest absolute Gasteiger partial charge is 0.297 e. The average Bonchev–Trinajstić information content (AvgIpc) is 3.24. The van der Waals surface area contributed by atoms with Gasteiger partial charge in [-0.3, -0.25) is 19.5 Å². The van der Waals surface area contributed by atoms with Gasteiger partial charge in [0.25, 0.3) is 5.91 Å². The van der Waals surface area contributed by atoms with Crippen molar-refractivity contribution in [1.82, 2.24) is 4.98 Å². The number of carbonyl (C=O) groups is 2. The number of pyridine rings is 1. The first-order valence-corrected chi connectivity index (χ1v) is 10.9. The minimum absolute atomic E-state index is 0.0810. The van der Waals surface area contributed by atoms with E-state index in [0.29, 0.717) is 12.0 Å². The average molecular weight is 397 g/mol. The van der Waals surface area contributed by atoms with Gasteiger partial charge >= 0.3 is 0 Å². The Morgan fingerprint density at radius 1 is 1.11 bits per heavy atom. The van der Waals surface area contributed by atoms with Crippen LogP contribution in [0, 0.1) is 13.8 Å². The van der Waals surface area contributed by atoms with Gasteiger partial charge in [0.1, 0.15) is 11.6 Å². The zero-order valence-electron chi connectivity index (χ0n) is 15.3. The molecule has 2 aliphatic heterocycles. The van der Waals surface area contributed by atoms with E-state index < -0.39 is 6.04 Å². The van der Waals surface area contributed by atoms with E-state index in [0.717, 1.165) is 38.3 Å². The Hall–Kier alpha value is -2.05. The number of anilines is 1. The maximum absolute atomic E-state index is 13.3. The third-order valence-electron chi connectivity index (χ3n) is 4.79. The number of rotatable bonds is 3. The number of aryl methyl sites for hydroxylation is 2. The van der Waals surface area contributed by atoms with Crippen LogP contribution in [0.1, 0.15) is 16.8 Å². The van der Waals surface area contributed by atoms with Gasteiger partial charge in [0.05, 0.1) is 4.24 Å². The summed E-state index contributed by atoms with van der Waals surface area (Å²) in [6.45, 7) is 4.01. The van der Waals surface area contributed by atoms with Crippen LogP contribution in [0.4, 0.5) is 5.69 Å². The van der Waals surface area contributed by atoms with Crippen molar-refractivity contribution in [1.29, 1.82) is 0 Å². The minimum atomic E-state index is -0.543. The third kappa shape index (κ3) is 3.44. The van der Waals surface area contributed by atoms with Crippen LogP contribution in [0.3, 0.4) is 0 Å². The highest BCUT2D eigenvalue weighted by Gasteiger charge is 2.46. The van der Waals surface area contributed by atoms with Crippen LogP contribution in [0.15, 0.2) is 52.4 Å². The van der Waals surface area contributed by atoms with Crippen molar-refractivity contribution in [3.8, 4) is 0 Å². The van der Waals surface area contributed by atoms with Crippen LogP contribution in [0.25, 0.3) is 0 Å². The first kappa shape index (κ1) is 18.3. The van der Waals surface area contributed by atoms with Gasteiger partial charge in [-0.05, 0) is 37.6 Å². The summed E-state index contributed by atoms with van der Waals surface area (Å²) in [5, 5.41) is 0. The highest BCUT2D eigenvalue weighted by molar-refractivity contribution is 8.25. The smallest absolute Gasteiger partial charge is 0.264 e. The zero-order chi connectivity index (χ0) is 19.0. The topological polar surface area (TPSA) is 50.3 Å². The predicted molar refractivity (Wildman–Crippen MR) is 112 cm³/mol. The fourth-order valence-electron chi connectivity index (χ4n) is 3.55. The van der Waals surface area contributed by atoms with E-state index in [1.165, 1.54) is 0 Å². The van der Waals surface area contributed by atoms with E-state index >= 15 is 0 Å². The molecule has 1 aromatic heterocycles. The molecule has 0 bridgehead atoms. The molecule has 0 radical (unpaired) electrons. The maximum atomic E-state index is 13.3. The van der Waals surface area contributed by atoms with Crippen molar-refractivity contribution < 1.29 is 9.59 Å². The molecule has 2 saturated heterocycles. The molecule has 2 aliphatic rings. The van der Waals surface area contributed by atoms with Gasteiger partial charge in [0.2, 0.25) is 0 Å². The van der Waals surface area contributed by atoms with Crippen molar-refractivity contribution >= 4 is 40.9 Å². The van der Waals surface area contributed by atoms with Gasteiger partial charge in [-0.2, -0.15) is 0 Å². The molecule has 4 rings (SSSR count). The van der Waals surface area contributed by atoms with Gasteiger partial charge in [-0.15, -0.1) is 23.5 Å². The second kappa shape index (κ2) is 7.52. The lowest BCUT2D eigenvalue weighted by Gasteiger charge is -2.25. The standard InChI is InChI=1S/C21H20N2O2S2/c1-13-6-7-16(14(2)11-13)23-17(12-15-5-3-4-8-22-15)19(24)18(20(23)25)21-26-9-10-27-21/h3-8,11,17H,9-10,12H2,1-2H3. The second-order valence-electron chi connectivity index (χ2n) is 6.73. The van der Waals surface area contributed by atoms with Gasteiger partial charge in [-0.25, -0.2) is 0 Å². The highest BCUT2D eigenvalue weighted by Crippen LogP contribution is 2.43. The van der Waals surface area contributed by atoms with Gasteiger partial charge in [0, 0.05) is 35.5 Å². The molecule has 27 heavy (non-hydrogen) atoms. The van der Waals surface area contributed by atoms with E-state index in [-0.39, 0.29) is 11.7 Å². The molecule has 3 heterocycles. The van der Waals surface area contributed by atoms with Gasteiger partial charge in [0.15, 0.2) is 5.78 Å². The monoisotopic (exact) mass is 396 g/mol. The van der Waals surface area contributed by atoms with Crippen LogP contribution < -0.4 is 4.90 Å². The first-order chi connectivity index (χ1) is 13.1. The van der Waals surface area contributed by atoms with Crippen molar-refractivity contribution in [2.45, 2.75) is 26.3 Å². The molecule has 6 heteroatoms. The van der Waals surface area contributed by atoms with E-state index in [1.54, 1.807) is 34.6 Å². The van der Waals surface area contributed by atoms with Crippen molar-refractivity contribution in [3.05, 3.63) is 69.2 Å². The Kier molecular flexibility index (Phi) is 5.10. The molecule has 0 aliphatic carbocycles. The molecule has 0 saturated carbocycles. The van der Waals surface area contributed by atoms with E-state index in [2.05, 4.69) is 11.1 Å². The number of ketones is 1. The van der Waals surface area contributed by atoms with Gasteiger partial charge in [-0.1, -0.05) is 23.8 Å². The molecule has 1 amide bonds. The molecular weight excluding hydrogens is 376 g/mol. The van der Waals surface area contributed by atoms with Gasteiger partial charge < -0.3 is 0 Å². The lowest BCUT2D eigenvalue weighted by atomic mass is 10.0. The lowest BCUT2D eigenvalue weighted by molar-refractivity contribution is -0.116. The number of Topliss-reactive ketones (excluding diaryl/α,β-unsaturated/α-hetero) is 1. The first-order valence-electron chi connectivity index (χ1n) is 8.91. The Morgan fingerprint density at radius 2 is 1.89 bits per heavy atom. The fraction of sp³-hybridized carbons (Fsp3) is 0.286. The summed E-state index contributed by atoms with van der Waals surface area (Å²) in [6.07, 6.45) is 2.14. The van der Waals surface area contributed by atoms with Crippen LogP contribution >= 0.6 is 23.5 Å². The summed E-state index contributed by atoms with van der Waals surface area (Å²) < 4.78 is 0.878. The molecule has 1 unspecified atom stereocenters. The van der Waals surface area contributed by atoms with E-state index in [9.17, 15) is 9.59 Å². The molecule has 0 N–H and O–H groups in total. The minimum Gasteiger partial charge on any atom is -0.297 e. The Morgan fingerprint density at radius 3 is 2.56 bits per heavy atom. The molecule has 2 aromatic rings. The molecule has 1 atom stereocenters. The normalized spacial score (nSPS) is 20.1. The quantitative estimate of drug-likeness (QED) is 0.581. The predicted octanol–water partition coefficient (Wildman–Crippen LogP) is 3.92. The van der Waals surface area contributed by atoms with Crippen LogP contribution in [0.5, 0.6) is 0 Å². The molecule has 2 fully saturated rings. The van der Waals surface area contributed by atoms with Crippen molar-refractivity contribution in [2.24, 2.45) is 0 Å². The summed E-state index contributed by atoms with van der Waals surface area (Å²) in [4.78, 5) is 32.7. The summed E-state index contributed by atoms with van der Waals surface area (Å²) in [5.41, 5.74) is 4.12. The number of carbonyl (C=O) groups excluding carboxylic acids is 2. The van der Waals surface area contributed by atoms with Crippen LogP contribution in [-0.4, -0.2) is 34.2 Å². The SMILES string of the molecule is Cc1ccc(N2C(=O)C(=C3SCCS3)C(=O)C2Cc2ccccn2)c(C)c1. The number of benzene rings is 1. The van der Waals surface area contributed by atoms with E-state index in [1.807, 2.05) is 44.2 Å². The van der Waals surface area contributed by atoms with Crippen LogP contribution in [0.2, 0.25) is 0 Å². The number of thioether (sulfide) groups is 2. The molecule has 0 spiro atoms. The van der Waals surface area contributed by atoms with Crippen molar-refractivity contribution in [3.63, 3.8) is 0 Å². The van der Waals surface area contributed by atoms with Crippen molar-refractivity contribution in [2.75, 3.05) is 16.4 Å².